The lowest BCUT2D eigenvalue weighted by Gasteiger charge is -2.05. The van der Waals surface area contributed by atoms with Gasteiger partial charge in [-0.2, -0.15) is 0 Å². The average molecular weight is 275 g/mol. The van der Waals surface area contributed by atoms with E-state index in [1.54, 1.807) is 0 Å². The molecule has 0 fully saturated rings. The van der Waals surface area contributed by atoms with E-state index in [0.29, 0.717) is 13.0 Å². The average Bonchev–Trinajstić information content (AvgIpc) is 2.41. The van der Waals surface area contributed by atoms with Crippen LogP contribution >= 0.6 is 11.6 Å². The Morgan fingerprint density at radius 1 is 1.00 bits per heavy atom. The molecule has 0 bridgehead atoms. The third-order valence-corrected chi connectivity index (χ3v) is 3.04. The van der Waals surface area contributed by atoms with Gasteiger partial charge in [0.25, 0.3) is 0 Å². The van der Waals surface area contributed by atoms with Crippen LogP contribution in [-0.4, -0.2) is 12.6 Å². The first kappa shape index (κ1) is 13.6. The van der Waals surface area contributed by atoms with Gasteiger partial charge in [0.2, 0.25) is 0 Å². The molecule has 3 heteroatoms. The summed E-state index contributed by atoms with van der Waals surface area (Å²) >= 11 is 5.86. The lowest BCUT2D eigenvalue weighted by Crippen LogP contribution is -2.07. The Bertz CT molecular complexity index is 544. The van der Waals surface area contributed by atoms with Gasteiger partial charge in [0.05, 0.1) is 13.0 Å². The van der Waals surface area contributed by atoms with Gasteiger partial charge in [-0.15, -0.1) is 0 Å². The van der Waals surface area contributed by atoms with Gasteiger partial charge in [0.1, 0.15) is 0 Å². The summed E-state index contributed by atoms with van der Waals surface area (Å²) in [6.07, 6.45) is 0.314. The smallest absolute Gasteiger partial charge is 0.310 e. The van der Waals surface area contributed by atoms with Crippen LogP contribution in [0.3, 0.4) is 0 Å². The topological polar surface area (TPSA) is 26.3 Å². The molecule has 0 amide bonds. The maximum absolute atomic E-state index is 11.4. The molecule has 0 unspecified atom stereocenters. The molecule has 2 aromatic carbocycles. The number of halogens is 1. The van der Waals surface area contributed by atoms with E-state index in [0.717, 1.165) is 21.7 Å². The highest BCUT2D eigenvalue weighted by Gasteiger charge is 2.04. The third kappa shape index (κ3) is 3.83. The molecule has 0 atom stereocenters. The fourth-order valence-electron chi connectivity index (χ4n) is 1.84. The maximum Gasteiger partial charge on any atom is 0.310 e. The quantitative estimate of drug-likeness (QED) is 0.784. The summed E-state index contributed by atoms with van der Waals surface area (Å²) < 4.78 is 4.92. The second-order valence-corrected chi connectivity index (χ2v) is 4.62. The number of benzene rings is 2. The lowest BCUT2D eigenvalue weighted by molar-refractivity contribution is -0.142. The number of esters is 1. The van der Waals surface area contributed by atoms with Gasteiger partial charge in [-0.05, 0) is 35.7 Å². The zero-order valence-corrected chi connectivity index (χ0v) is 11.5. The van der Waals surface area contributed by atoms with Crippen LogP contribution in [0.1, 0.15) is 12.5 Å². The fourth-order valence-corrected chi connectivity index (χ4v) is 1.96. The summed E-state index contributed by atoms with van der Waals surface area (Å²) in [5, 5.41) is 0.725. The minimum Gasteiger partial charge on any atom is -0.466 e. The molecule has 0 aromatic heterocycles. The van der Waals surface area contributed by atoms with Crippen LogP contribution in [0.15, 0.2) is 48.5 Å². The predicted molar refractivity (Wildman–Crippen MR) is 77.2 cm³/mol. The highest BCUT2D eigenvalue weighted by molar-refractivity contribution is 6.30. The fraction of sp³-hybridized carbons (Fsp3) is 0.188. The largest absolute Gasteiger partial charge is 0.466 e. The Hall–Kier alpha value is -1.80. The third-order valence-electron chi connectivity index (χ3n) is 2.79. The highest BCUT2D eigenvalue weighted by Crippen LogP contribution is 2.22. The van der Waals surface area contributed by atoms with E-state index in [4.69, 9.17) is 16.3 Å². The first-order valence-electron chi connectivity index (χ1n) is 6.19. The Balaban J connectivity index is 2.10. The van der Waals surface area contributed by atoms with Gasteiger partial charge in [-0.25, -0.2) is 0 Å². The number of carbonyl (C=O) groups excluding carboxylic acids is 1. The van der Waals surface area contributed by atoms with E-state index in [1.807, 2.05) is 55.5 Å². The van der Waals surface area contributed by atoms with E-state index in [1.165, 1.54) is 0 Å². The number of hydrogen-bond donors (Lipinski definition) is 0. The second-order valence-electron chi connectivity index (χ2n) is 4.19. The maximum atomic E-state index is 11.4. The Labute approximate surface area is 118 Å². The minimum atomic E-state index is -0.193. The zero-order chi connectivity index (χ0) is 13.7. The molecule has 0 aliphatic carbocycles. The van der Waals surface area contributed by atoms with E-state index in [9.17, 15) is 4.79 Å². The lowest BCUT2D eigenvalue weighted by atomic mass is 10.0. The van der Waals surface area contributed by atoms with Gasteiger partial charge in [0.15, 0.2) is 0 Å². The zero-order valence-electron chi connectivity index (χ0n) is 10.7. The van der Waals surface area contributed by atoms with Crippen LogP contribution in [0.4, 0.5) is 0 Å². The van der Waals surface area contributed by atoms with Crippen molar-refractivity contribution in [3.63, 3.8) is 0 Å². The number of hydrogen-bond acceptors (Lipinski definition) is 2. The molecule has 19 heavy (non-hydrogen) atoms. The van der Waals surface area contributed by atoms with Crippen LogP contribution in [0, 0.1) is 0 Å². The summed E-state index contributed by atoms with van der Waals surface area (Å²) in [4.78, 5) is 11.4. The first-order chi connectivity index (χ1) is 9.19. The van der Waals surface area contributed by atoms with Gasteiger partial charge >= 0.3 is 5.97 Å². The van der Waals surface area contributed by atoms with Crippen LogP contribution in [0.2, 0.25) is 5.02 Å². The second kappa shape index (κ2) is 6.39. The SMILES string of the molecule is CCOC(=O)Cc1ccc(-c2ccc(Cl)cc2)cc1. The molecule has 0 saturated heterocycles. The van der Waals surface area contributed by atoms with E-state index < -0.39 is 0 Å². The van der Waals surface area contributed by atoms with Crippen molar-refractivity contribution in [2.24, 2.45) is 0 Å². The molecule has 2 aromatic rings. The molecular weight excluding hydrogens is 260 g/mol. The highest BCUT2D eigenvalue weighted by atomic mass is 35.5. The van der Waals surface area contributed by atoms with Crippen molar-refractivity contribution in [3.05, 3.63) is 59.1 Å². The Morgan fingerprint density at radius 3 is 2.05 bits per heavy atom. The summed E-state index contributed by atoms with van der Waals surface area (Å²) in [6.45, 7) is 2.23. The van der Waals surface area contributed by atoms with Gasteiger partial charge in [0, 0.05) is 5.02 Å². The van der Waals surface area contributed by atoms with Crippen LogP contribution in [0.25, 0.3) is 11.1 Å². The van der Waals surface area contributed by atoms with Crippen molar-refractivity contribution in [2.45, 2.75) is 13.3 Å². The van der Waals surface area contributed by atoms with Crippen molar-refractivity contribution < 1.29 is 9.53 Å². The molecule has 0 heterocycles. The molecule has 98 valence electrons. The molecule has 2 rings (SSSR count). The van der Waals surface area contributed by atoms with Crippen molar-refractivity contribution in [3.8, 4) is 11.1 Å². The normalized spacial score (nSPS) is 10.2. The molecule has 0 radical (unpaired) electrons. The number of rotatable bonds is 4. The molecule has 0 N–H and O–H groups in total. The Kier molecular flexibility index (Phi) is 4.58. The molecule has 0 saturated carbocycles. The molecule has 0 spiro atoms. The molecule has 2 nitrogen and oxygen atoms in total. The van der Waals surface area contributed by atoms with Crippen LogP contribution in [0.5, 0.6) is 0 Å². The first-order valence-corrected chi connectivity index (χ1v) is 6.57. The molecular formula is C16H15ClO2. The summed E-state index contributed by atoms with van der Waals surface area (Å²) in [5.41, 5.74) is 3.16. The molecule has 0 aliphatic rings. The Morgan fingerprint density at radius 2 is 1.53 bits per heavy atom. The molecule has 0 aliphatic heterocycles. The van der Waals surface area contributed by atoms with Gasteiger partial charge < -0.3 is 4.74 Å². The van der Waals surface area contributed by atoms with Gasteiger partial charge in [-0.1, -0.05) is 48.0 Å². The van der Waals surface area contributed by atoms with E-state index >= 15 is 0 Å². The minimum absolute atomic E-state index is 0.193. The predicted octanol–water partition coefficient (Wildman–Crippen LogP) is 4.11. The number of ether oxygens (including phenoxy) is 1. The van der Waals surface area contributed by atoms with Crippen molar-refractivity contribution in [1.29, 1.82) is 0 Å². The van der Waals surface area contributed by atoms with Gasteiger partial charge in [-0.3, -0.25) is 4.79 Å². The van der Waals surface area contributed by atoms with Crippen LogP contribution in [-0.2, 0) is 16.0 Å². The van der Waals surface area contributed by atoms with Crippen molar-refractivity contribution in [2.75, 3.05) is 6.61 Å². The van der Waals surface area contributed by atoms with Crippen molar-refractivity contribution in [1.82, 2.24) is 0 Å². The van der Waals surface area contributed by atoms with E-state index in [2.05, 4.69) is 0 Å². The van der Waals surface area contributed by atoms with Crippen LogP contribution < -0.4 is 0 Å². The standard InChI is InChI=1S/C16H15ClO2/c1-2-19-16(18)11-12-3-5-13(6-4-12)14-7-9-15(17)10-8-14/h3-10H,2,11H2,1H3. The summed E-state index contributed by atoms with van der Waals surface area (Å²) in [7, 11) is 0. The number of carbonyl (C=O) groups is 1. The summed E-state index contributed by atoms with van der Waals surface area (Å²) in [6, 6.07) is 15.6. The van der Waals surface area contributed by atoms with Crippen molar-refractivity contribution >= 4 is 17.6 Å². The summed E-state index contributed by atoms with van der Waals surface area (Å²) in [5.74, 6) is -0.193. The monoisotopic (exact) mass is 274 g/mol. The van der Waals surface area contributed by atoms with E-state index in [-0.39, 0.29) is 5.97 Å².